The maximum Gasteiger partial charge on any atom is 0.0930 e. The van der Waals surface area contributed by atoms with Crippen LogP contribution in [0, 0.1) is 41.5 Å². The summed E-state index contributed by atoms with van der Waals surface area (Å²) in [4.78, 5) is 4.61. The number of rotatable bonds is 3. The zero-order chi connectivity index (χ0) is 15.6. The molecule has 0 atom stereocenters. The highest BCUT2D eigenvalue weighted by Crippen LogP contribution is 2.25. The molecule has 0 unspecified atom stereocenters. The molecule has 0 aliphatic heterocycles. The molecule has 0 aliphatic rings. The average molecular weight is 280 g/mol. The van der Waals surface area contributed by atoms with Crippen LogP contribution in [0.4, 0.5) is 11.4 Å². The Kier molecular flexibility index (Phi) is 4.46. The Morgan fingerprint density at radius 2 is 1.14 bits per heavy atom. The van der Waals surface area contributed by atoms with Gasteiger partial charge in [0.1, 0.15) is 0 Å². The second kappa shape index (κ2) is 6.13. The largest absolute Gasteiger partial charge is 0.346 e. The molecule has 0 saturated heterocycles. The third-order valence-electron chi connectivity index (χ3n) is 3.71. The topological polar surface area (TPSA) is 24.4 Å². The van der Waals surface area contributed by atoms with Crippen LogP contribution in [0.25, 0.3) is 0 Å². The molecule has 1 N–H and O–H groups in total. The van der Waals surface area contributed by atoms with Crippen LogP contribution in [0.3, 0.4) is 0 Å². The van der Waals surface area contributed by atoms with Gasteiger partial charge in [0.05, 0.1) is 12.0 Å². The zero-order valence-corrected chi connectivity index (χ0v) is 13.8. The van der Waals surface area contributed by atoms with E-state index in [9.17, 15) is 0 Å². The summed E-state index contributed by atoms with van der Waals surface area (Å²) < 4.78 is 0. The fraction of sp³-hybridized carbons (Fsp3) is 0.316. The predicted octanol–water partition coefficient (Wildman–Crippen LogP) is 5.31. The summed E-state index contributed by atoms with van der Waals surface area (Å²) in [5.74, 6) is 0. The van der Waals surface area contributed by atoms with Gasteiger partial charge in [0.25, 0.3) is 0 Å². The molecule has 110 valence electrons. The lowest BCUT2D eigenvalue weighted by atomic mass is 10.1. The van der Waals surface area contributed by atoms with E-state index in [4.69, 9.17) is 0 Å². The summed E-state index contributed by atoms with van der Waals surface area (Å²) >= 11 is 0. The molecule has 0 spiro atoms. The standard InChI is InChI=1S/C19H24N2/c1-12-7-14(3)18(15(4)8-12)20-11-21-19-16(5)9-13(2)10-17(19)6/h7-11H,1-6H3,(H,20,21). The molecule has 21 heavy (non-hydrogen) atoms. The normalized spacial score (nSPS) is 11.1. The number of aryl methyl sites for hydroxylation is 6. The van der Waals surface area contributed by atoms with Crippen LogP contribution in [-0.4, -0.2) is 6.34 Å². The predicted molar refractivity (Wildman–Crippen MR) is 93.1 cm³/mol. The third kappa shape index (κ3) is 3.52. The van der Waals surface area contributed by atoms with Crippen molar-refractivity contribution in [3.8, 4) is 0 Å². The average Bonchev–Trinajstić information content (AvgIpc) is 2.34. The zero-order valence-electron chi connectivity index (χ0n) is 13.8. The number of hydrogen-bond acceptors (Lipinski definition) is 1. The van der Waals surface area contributed by atoms with Crippen LogP contribution >= 0.6 is 0 Å². The van der Waals surface area contributed by atoms with Crippen molar-refractivity contribution in [1.29, 1.82) is 0 Å². The van der Waals surface area contributed by atoms with Gasteiger partial charge in [0.15, 0.2) is 0 Å². The highest BCUT2D eigenvalue weighted by atomic mass is 14.9. The molecular formula is C19H24N2. The first kappa shape index (κ1) is 15.3. The lowest BCUT2D eigenvalue weighted by Crippen LogP contribution is -2.00. The highest BCUT2D eigenvalue weighted by molar-refractivity contribution is 5.81. The van der Waals surface area contributed by atoms with E-state index in [2.05, 4.69) is 76.1 Å². The van der Waals surface area contributed by atoms with Gasteiger partial charge in [-0.15, -0.1) is 0 Å². The molecule has 0 amide bonds. The summed E-state index contributed by atoms with van der Waals surface area (Å²) in [7, 11) is 0. The summed E-state index contributed by atoms with van der Waals surface area (Å²) in [6, 6.07) is 8.71. The Bertz CT molecular complexity index is 651. The molecule has 0 bridgehead atoms. The lowest BCUT2D eigenvalue weighted by Gasteiger charge is -2.11. The fourth-order valence-electron chi connectivity index (χ4n) is 2.95. The third-order valence-corrected chi connectivity index (χ3v) is 3.71. The fourth-order valence-corrected chi connectivity index (χ4v) is 2.95. The Morgan fingerprint density at radius 1 is 0.714 bits per heavy atom. The second-order valence-corrected chi connectivity index (χ2v) is 5.92. The number of anilines is 1. The van der Waals surface area contributed by atoms with Crippen molar-refractivity contribution in [2.24, 2.45) is 4.99 Å². The number of nitrogens with one attached hydrogen (secondary N) is 1. The molecule has 2 aromatic rings. The first-order valence-electron chi connectivity index (χ1n) is 7.33. The summed E-state index contributed by atoms with van der Waals surface area (Å²) in [5, 5.41) is 3.33. The highest BCUT2D eigenvalue weighted by Gasteiger charge is 2.03. The maximum atomic E-state index is 4.61. The molecule has 2 nitrogen and oxygen atoms in total. The van der Waals surface area contributed by atoms with E-state index < -0.39 is 0 Å². The Labute approximate surface area is 127 Å². The van der Waals surface area contributed by atoms with Gasteiger partial charge in [0.2, 0.25) is 0 Å². The van der Waals surface area contributed by atoms with Crippen molar-refractivity contribution < 1.29 is 0 Å². The number of hydrogen-bond donors (Lipinski definition) is 1. The van der Waals surface area contributed by atoms with Gasteiger partial charge in [-0.05, 0) is 63.8 Å². The van der Waals surface area contributed by atoms with Crippen LogP contribution in [0.1, 0.15) is 33.4 Å². The minimum absolute atomic E-state index is 1.05. The van der Waals surface area contributed by atoms with Gasteiger partial charge in [-0.2, -0.15) is 0 Å². The summed E-state index contributed by atoms with van der Waals surface area (Å²) in [6.07, 6.45) is 1.80. The van der Waals surface area contributed by atoms with E-state index in [0.717, 1.165) is 11.4 Å². The molecule has 0 fully saturated rings. The maximum absolute atomic E-state index is 4.61. The van der Waals surface area contributed by atoms with Crippen molar-refractivity contribution in [3.63, 3.8) is 0 Å². The molecule has 0 aliphatic carbocycles. The van der Waals surface area contributed by atoms with Crippen molar-refractivity contribution in [2.45, 2.75) is 41.5 Å². The van der Waals surface area contributed by atoms with E-state index in [1.54, 1.807) is 6.34 Å². The van der Waals surface area contributed by atoms with Crippen LogP contribution in [0.5, 0.6) is 0 Å². The van der Waals surface area contributed by atoms with E-state index in [0.29, 0.717) is 0 Å². The van der Waals surface area contributed by atoms with Crippen LogP contribution in [0.15, 0.2) is 29.3 Å². The van der Waals surface area contributed by atoms with Crippen LogP contribution in [0.2, 0.25) is 0 Å². The smallest absolute Gasteiger partial charge is 0.0930 e. The van der Waals surface area contributed by atoms with Crippen LogP contribution in [-0.2, 0) is 0 Å². The van der Waals surface area contributed by atoms with E-state index in [-0.39, 0.29) is 0 Å². The van der Waals surface area contributed by atoms with Gasteiger partial charge < -0.3 is 5.32 Å². The minimum Gasteiger partial charge on any atom is -0.346 e. The molecule has 0 saturated carbocycles. The molecule has 0 radical (unpaired) electrons. The number of nitrogens with zero attached hydrogens (tertiary/aromatic N) is 1. The van der Waals surface area contributed by atoms with E-state index in [1.807, 2.05) is 0 Å². The first-order chi connectivity index (χ1) is 9.88. The SMILES string of the molecule is Cc1cc(C)c(N=CNc2c(C)cc(C)cc2C)c(C)c1. The van der Waals surface area contributed by atoms with Gasteiger partial charge in [-0.25, -0.2) is 4.99 Å². The van der Waals surface area contributed by atoms with Gasteiger partial charge >= 0.3 is 0 Å². The number of aliphatic imine (C=N–C) groups is 1. The molecule has 2 aromatic carbocycles. The van der Waals surface area contributed by atoms with Crippen LogP contribution < -0.4 is 5.32 Å². The molecule has 0 aromatic heterocycles. The van der Waals surface area contributed by atoms with E-state index >= 15 is 0 Å². The Hall–Kier alpha value is -2.09. The quantitative estimate of drug-likeness (QED) is 0.598. The monoisotopic (exact) mass is 280 g/mol. The summed E-state index contributed by atoms with van der Waals surface area (Å²) in [5.41, 5.74) is 9.68. The van der Waals surface area contributed by atoms with Crippen molar-refractivity contribution in [2.75, 3.05) is 5.32 Å². The van der Waals surface area contributed by atoms with E-state index in [1.165, 1.54) is 33.4 Å². The van der Waals surface area contributed by atoms with Gasteiger partial charge in [-0.3, -0.25) is 0 Å². The first-order valence-corrected chi connectivity index (χ1v) is 7.33. The second-order valence-electron chi connectivity index (χ2n) is 5.92. The summed E-state index contributed by atoms with van der Waals surface area (Å²) in [6.45, 7) is 12.7. The van der Waals surface area contributed by atoms with Crippen molar-refractivity contribution in [3.05, 3.63) is 57.6 Å². The Balaban J connectivity index is 2.25. The number of benzene rings is 2. The molecule has 2 heteroatoms. The van der Waals surface area contributed by atoms with Gasteiger partial charge in [-0.1, -0.05) is 35.4 Å². The Morgan fingerprint density at radius 3 is 1.62 bits per heavy atom. The molecule has 0 heterocycles. The van der Waals surface area contributed by atoms with Crippen molar-refractivity contribution in [1.82, 2.24) is 0 Å². The van der Waals surface area contributed by atoms with Gasteiger partial charge in [0, 0.05) is 5.69 Å². The lowest BCUT2D eigenvalue weighted by molar-refractivity contribution is 1.28. The minimum atomic E-state index is 1.05. The molecule has 2 rings (SSSR count). The molecular weight excluding hydrogens is 256 g/mol. The van der Waals surface area contributed by atoms with Crippen molar-refractivity contribution >= 4 is 17.7 Å².